The lowest BCUT2D eigenvalue weighted by molar-refractivity contribution is 1.09. The van der Waals surface area contributed by atoms with Crippen LogP contribution in [0.3, 0.4) is 0 Å². The molecule has 17 heavy (non-hydrogen) atoms. The molecule has 0 spiro atoms. The van der Waals surface area contributed by atoms with E-state index in [2.05, 4.69) is 4.98 Å². The van der Waals surface area contributed by atoms with Crippen LogP contribution in [-0.2, 0) is 0 Å². The first-order chi connectivity index (χ1) is 7.86. The van der Waals surface area contributed by atoms with Crippen molar-refractivity contribution < 1.29 is 0 Å². The third-order valence-electron chi connectivity index (χ3n) is 2.57. The summed E-state index contributed by atoms with van der Waals surface area (Å²) in [6.07, 6.45) is 1.80. The van der Waals surface area contributed by atoms with Crippen molar-refractivity contribution in [3.63, 3.8) is 0 Å². The van der Waals surface area contributed by atoms with Gasteiger partial charge in [-0.15, -0.1) is 12.4 Å². The smallest absolute Gasteiger partial charge is 0.100 e. The fraction of sp³-hybridized carbons (Fsp3) is 0. The molecule has 0 fully saturated rings. The fourth-order valence-corrected chi connectivity index (χ4v) is 2.03. The van der Waals surface area contributed by atoms with Gasteiger partial charge in [0.1, 0.15) is 6.33 Å². The summed E-state index contributed by atoms with van der Waals surface area (Å²) in [5.41, 5.74) is 3.00. The van der Waals surface area contributed by atoms with E-state index in [0.29, 0.717) is 0 Å². The predicted octanol–water partition coefficient (Wildman–Crippen LogP) is 4.10. The van der Waals surface area contributed by atoms with Crippen LogP contribution in [0.25, 0.3) is 16.7 Å². The van der Waals surface area contributed by atoms with Gasteiger partial charge in [-0.2, -0.15) is 0 Å². The Kier molecular flexibility index (Phi) is 3.36. The third-order valence-corrected chi connectivity index (χ3v) is 2.89. The highest BCUT2D eigenvalue weighted by molar-refractivity contribution is 6.32. The highest BCUT2D eigenvalue weighted by Gasteiger charge is 2.05. The Balaban J connectivity index is 0.00000108. The molecule has 0 unspecified atom stereocenters. The highest BCUT2D eigenvalue weighted by atomic mass is 35.5. The first-order valence-corrected chi connectivity index (χ1v) is 5.41. The van der Waals surface area contributed by atoms with Gasteiger partial charge in [-0.3, -0.25) is 4.57 Å². The maximum absolute atomic E-state index is 6.17. The van der Waals surface area contributed by atoms with Crippen LogP contribution in [0.2, 0.25) is 5.02 Å². The summed E-state index contributed by atoms with van der Waals surface area (Å²) in [6.45, 7) is 0. The van der Waals surface area contributed by atoms with Gasteiger partial charge in [0.05, 0.1) is 21.7 Å². The van der Waals surface area contributed by atoms with Crippen LogP contribution in [0.4, 0.5) is 0 Å². The number of rotatable bonds is 1. The van der Waals surface area contributed by atoms with Gasteiger partial charge in [0.15, 0.2) is 0 Å². The van der Waals surface area contributed by atoms with Gasteiger partial charge in [-0.1, -0.05) is 35.9 Å². The van der Waals surface area contributed by atoms with Gasteiger partial charge in [0, 0.05) is 0 Å². The summed E-state index contributed by atoms with van der Waals surface area (Å²) in [5, 5.41) is 0.727. The molecule has 0 atom stereocenters. The lowest BCUT2D eigenvalue weighted by atomic mass is 10.3. The van der Waals surface area contributed by atoms with Gasteiger partial charge < -0.3 is 0 Å². The molecule has 0 radical (unpaired) electrons. The van der Waals surface area contributed by atoms with E-state index in [-0.39, 0.29) is 12.4 Å². The number of para-hydroxylation sites is 3. The van der Waals surface area contributed by atoms with E-state index in [1.807, 2.05) is 53.1 Å². The van der Waals surface area contributed by atoms with Crippen LogP contribution in [0.5, 0.6) is 0 Å². The number of hydrogen-bond donors (Lipinski definition) is 0. The number of imidazole rings is 1. The standard InChI is InChI=1S/C13H9ClN2.ClH/c14-10-5-1-3-7-12(10)16-9-15-11-6-2-4-8-13(11)16;/h1-9H;1H. The van der Waals surface area contributed by atoms with Crippen molar-refractivity contribution in [1.82, 2.24) is 9.55 Å². The van der Waals surface area contributed by atoms with Gasteiger partial charge in [-0.25, -0.2) is 4.98 Å². The second-order valence-corrected chi connectivity index (χ2v) is 3.96. The average molecular weight is 265 g/mol. The summed E-state index contributed by atoms with van der Waals surface area (Å²) in [7, 11) is 0. The molecule has 3 aromatic rings. The summed E-state index contributed by atoms with van der Waals surface area (Å²) in [6, 6.07) is 15.8. The number of fused-ring (bicyclic) bond motifs is 1. The molecule has 0 saturated heterocycles. The number of aromatic nitrogens is 2. The minimum absolute atomic E-state index is 0. The van der Waals surface area contributed by atoms with Crippen molar-refractivity contribution in [2.45, 2.75) is 0 Å². The number of hydrogen-bond acceptors (Lipinski definition) is 1. The van der Waals surface area contributed by atoms with Crippen LogP contribution < -0.4 is 0 Å². The van der Waals surface area contributed by atoms with Crippen molar-refractivity contribution in [1.29, 1.82) is 0 Å². The molecule has 0 aliphatic rings. The van der Waals surface area contributed by atoms with E-state index < -0.39 is 0 Å². The molecule has 0 bridgehead atoms. The number of nitrogens with zero attached hydrogens (tertiary/aromatic N) is 2. The largest absolute Gasteiger partial charge is 0.297 e. The van der Waals surface area contributed by atoms with E-state index in [1.165, 1.54) is 0 Å². The van der Waals surface area contributed by atoms with Gasteiger partial charge in [0.25, 0.3) is 0 Å². The monoisotopic (exact) mass is 264 g/mol. The first kappa shape index (κ1) is 12.0. The molecule has 0 N–H and O–H groups in total. The summed E-state index contributed by atoms with van der Waals surface area (Å²) >= 11 is 6.17. The minimum Gasteiger partial charge on any atom is -0.297 e. The first-order valence-electron chi connectivity index (χ1n) is 5.03. The topological polar surface area (TPSA) is 17.8 Å². The normalized spacial score (nSPS) is 10.2. The van der Waals surface area contributed by atoms with Crippen molar-refractivity contribution in [2.24, 2.45) is 0 Å². The van der Waals surface area contributed by atoms with Crippen LogP contribution in [0, 0.1) is 0 Å². The lowest BCUT2D eigenvalue weighted by Gasteiger charge is -2.05. The van der Waals surface area contributed by atoms with Crippen molar-refractivity contribution in [3.8, 4) is 5.69 Å². The van der Waals surface area contributed by atoms with E-state index in [4.69, 9.17) is 11.6 Å². The Morgan fingerprint density at radius 3 is 2.47 bits per heavy atom. The zero-order valence-electron chi connectivity index (χ0n) is 8.88. The minimum atomic E-state index is 0. The second kappa shape index (κ2) is 4.78. The van der Waals surface area contributed by atoms with Crippen LogP contribution in [0.15, 0.2) is 54.9 Å². The fourth-order valence-electron chi connectivity index (χ4n) is 1.80. The molecule has 0 aliphatic carbocycles. The Hall–Kier alpha value is -1.51. The average Bonchev–Trinajstić information content (AvgIpc) is 2.74. The molecule has 0 amide bonds. The third kappa shape index (κ3) is 2.02. The molecule has 86 valence electrons. The van der Waals surface area contributed by atoms with E-state index in [9.17, 15) is 0 Å². The quantitative estimate of drug-likeness (QED) is 0.647. The molecular weight excluding hydrogens is 255 g/mol. The van der Waals surface area contributed by atoms with Gasteiger partial charge >= 0.3 is 0 Å². The summed E-state index contributed by atoms with van der Waals surface area (Å²) in [4.78, 5) is 4.34. The molecule has 4 heteroatoms. The molecular formula is C13H10Cl2N2. The molecule has 0 aliphatic heterocycles. The molecule has 3 rings (SSSR count). The Morgan fingerprint density at radius 2 is 1.65 bits per heavy atom. The molecule has 1 aromatic heterocycles. The summed E-state index contributed by atoms with van der Waals surface area (Å²) < 4.78 is 2.00. The molecule has 0 saturated carbocycles. The van der Waals surface area contributed by atoms with E-state index in [0.717, 1.165) is 21.7 Å². The Morgan fingerprint density at radius 1 is 0.941 bits per heavy atom. The van der Waals surface area contributed by atoms with Crippen molar-refractivity contribution in [2.75, 3.05) is 0 Å². The Labute approximate surface area is 110 Å². The maximum Gasteiger partial charge on any atom is 0.100 e. The molecule has 1 heterocycles. The van der Waals surface area contributed by atoms with Crippen molar-refractivity contribution in [3.05, 3.63) is 59.9 Å². The second-order valence-electron chi connectivity index (χ2n) is 3.55. The predicted molar refractivity (Wildman–Crippen MR) is 73.3 cm³/mol. The molecule has 2 nitrogen and oxygen atoms in total. The van der Waals surface area contributed by atoms with Gasteiger partial charge in [-0.05, 0) is 24.3 Å². The van der Waals surface area contributed by atoms with Crippen molar-refractivity contribution >= 4 is 35.0 Å². The van der Waals surface area contributed by atoms with Crippen LogP contribution in [0.1, 0.15) is 0 Å². The highest BCUT2D eigenvalue weighted by Crippen LogP contribution is 2.23. The Bertz CT molecular complexity index is 646. The SMILES string of the molecule is Cl.Clc1ccccc1-n1cnc2ccccc21. The van der Waals surface area contributed by atoms with Crippen LogP contribution in [-0.4, -0.2) is 9.55 Å². The van der Waals surface area contributed by atoms with E-state index >= 15 is 0 Å². The lowest BCUT2D eigenvalue weighted by Crippen LogP contribution is -1.92. The van der Waals surface area contributed by atoms with E-state index in [1.54, 1.807) is 6.33 Å². The summed E-state index contributed by atoms with van der Waals surface area (Å²) in [5.74, 6) is 0. The zero-order valence-corrected chi connectivity index (χ0v) is 10.4. The number of halogens is 2. The van der Waals surface area contributed by atoms with Crippen LogP contribution >= 0.6 is 24.0 Å². The van der Waals surface area contributed by atoms with Gasteiger partial charge in [0.2, 0.25) is 0 Å². The zero-order chi connectivity index (χ0) is 11.0. The molecule has 2 aromatic carbocycles. The maximum atomic E-state index is 6.17. The number of benzene rings is 2.